The summed E-state index contributed by atoms with van der Waals surface area (Å²) in [7, 11) is 1.02. The maximum absolute atomic E-state index is 13.4. The van der Waals surface area contributed by atoms with Crippen molar-refractivity contribution in [1.82, 2.24) is 10.2 Å². The second kappa shape index (κ2) is 9.62. The maximum atomic E-state index is 13.4. The number of urea groups is 1. The van der Waals surface area contributed by atoms with Crippen molar-refractivity contribution in [1.29, 1.82) is 0 Å². The van der Waals surface area contributed by atoms with Crippen molar-refractivity contribution < 1.29 is 45.4 Å². The quantitative estimate of drug-likeness (QED) is 0.536. The third-order valence-electron chi connectivity index (χ3n) is 5.75. The fourth-order valence-corrected chi connectivity index (χ4v) is 3.85. The Bertz CT molecular complexity index is 1050. The van der Waals surface area contributed by atoms with E-state index in [2.05, 4.69) is 5.32 Å². The molecule has 2 N–H and O–H groups in total. The van der Waals surface area contributed by atoms with E-state index in [-0.39, 0.29) is 25.6 Å². The van der Waals surface area contributed by atoms with E-state index in [9.17, 15) is 45.4 Å². The van der Waals surface area contributed by atoms with Gasteiger partial charge in [0.25, 0.3) is 0 Å². The number of hydrogen-bond donors (Lipinski definition) is 2. The van der Waals surface area contributed by atoms with Crippen LogP contribution in [-0.2, 0) is 12.4 Å². The van der Waals surface area contributed by atoms with Gasteiger partial charge in [-0.25, -0.2) is 14.0 Å². The highest BCUT2D eigenvalue weighted by Crippen LogP contribution is 2.38. The molecule has 2 unspecified atom stereocenters. The van der Waals surface area contributed by atoms with Crippen molar-refractivity contribution in [3.8, 4) is 0 Å². The third-order valence-corrected chi connectivity index (χ3v) is 5.75. The summed E-state index contributed by atoms with van der Waals surface area (Å²) in [5.74, 6) is -1.17. The first kappa shape index (κ1) is 26.1. The van der Waals surface area contributed by atoms with Crippen molar-refractivity contribution in [3.63, 3.8) is 0 Å². The Hall–Kier alpha value is -3.51. The zero-order chi connectivity index (χ0) is 26.1. The molecule has 0 spiro atoms. The molecule has 1 saturated heterocycles. The van der Waals surface area contributed by atoms with Crippen LogP contribution in [0.25, 0.3) is 0 Å². The number of carbonyl (C=O) groups is 2. The fraction of sp³-hybridized carbons (Fsp3) is 0.364. The number of anilines is 1. The number of carboxylic acid groups (broad SMARTS) is 1. The first-order valence-corrected chi connectivity index (χ1v) is 10.2. The number of nitrogens with one attached hydrogen (secondary N) is 1. The van der Waals surface area contributed by atoms with Gasteiger partial charge >= 0.3 is 24.5 Å². The second-order valence-electron chi connectivity index (χ2n) is 8.05. The van der Waals surface area contributed by atoms with Crippen LogP contribution in [0.5, 0.6) is 0 Å². The molecule has 1 heterocycles. The van der Waals surface area contributed by atoms with Crippen molar-refractivity contribution in [3.05, 3.63) is 65.0 Å². The highest BCUT2D eigenvalue weighted by Gasteiger charge is 2.38. The standard InChI is InChI=1S/C22H20F7N3O3/c1-31(16-9-13(21(24,25)26)8-14(10-16)22(27,28)29)19(33)30-18-6-7-32(20(34)35)11-17(18)12-2-4-15(23)5-3-12/h2-5,8-10,17-18H,6-7,11H2,1H3,(H,30,33)(H,34,35). The summed E-state index contributed by atoms with van der Waals surface area (Å²) < 4.78 is 92.4. The van der Waals surface area contributed by atoms with E-state index in [0.29, 0.717) is 22.6 Å². The van der Waals surface area contributed by atoms with Gasteiger partial charge in [-0.1, -0.05) is 12.1 Å². The van der Waals surface area contributed by atoms with E-state index in [4.69, 9.17) is 0 Å². The summed E-state index contributed by atoms with van der Waals surface area (Å²) in [6, 6.07) is 4.24. The average molecular weight is 507 g/mol. The van der Waals surface area contributed by atoms with Gasteiger partial charge in [0.15, 0.2) is 0 Å². The molecule has 6 nitrogen and oxygen atoms in total. The van der Waals surface area contributed by atoms with Crippen LogP contribution >= 0.6 is 0 Å². The Morgan fingerprint density at radius 3 is 2.03 bits per heavy atom. The van der Waals surface area contributed by atoms with Gasteiger partial charge in [0.2, 0.25) is 0 Å². The van der Waals surface area contributed by atoms with E-state index in [1.165, 1.54) is 12.1 Å². The number of hydrogen-bond acceptors (Lipinski definition) is 2. The molecule has 0 radical (unpaired) electrons. The summed E-state index contributed by atoms with van der Waals surface area (Å²) in [5.41, 5.74) is -3.27. The van der Waals surface area contributed by atoms with Crippen LogP contribution < -0.4 is 10.2 Å². The predicted octanol–water partition coefficient (Wildman–Crippen LogP) is 5.55. The van der Waals surface area contributed by atoms with E-state index in [1.807, 2.05) is 0 Å². The van der Waals surface area contributed by atoms with E-state index < -0.39 is 59.1 Å². The van der Waals surface area contributed by atoms with Crippen LogP contribution in [0.3, 0.4) is 0 Å². The summed E-state index contributed by atoms with van der Waals surface area (Å²) in [6.07, 6.45) is -11.2. The molecule has 1 aliphatic rings. The minimum Gasteiger partial charge on any atom is -0.465 e. The molecule has 13 heteroatoms. The normalized spacial score (nSPS) is 18.8. The highest BCUT2D eigenvalue weighted by atomic mass is 19.4. The van der Waals surface area contributed by atoms with Gasteiger partial charge in [0.1, 0.15) is 5.82 Å². The minimum absolute atomic E-state index is 0.0312. The van der Waals surface area contributed by atoms with E-state index in [0.717, 1.165) is 24.1 Å². The van der Waals surface area contributed by atoms with Gasteiger partial charge in [-0.2, -0.15) is 26.3 Å². The Kier molecular flexibility index (Phi) is 7.18. The Balaban J connectivity index is 1.88. The van der Waals surface area contributed by atoms with Crippen molar-refractivity contribution in [2.24, 2.45) is 0 Å². The van der Waals surface area contributed by atoms with Crippen molar-refractivity contribution in [2.75, 3.05) is 25.0 Å². The molecule has 3 amide bonds. The first-order chi connectivity index (χ1) is 16.2. The predicted molar refractivity (Wildman–Crippen MR) is 111 cm³/mol. The van der Waals surface area contributed by atoms with Gasteiger partial charge in [-0.05, 0) is 42.3 Å². The molecule has 0 aromatic heterocycles. The zero-order valence-corrected chi connectivity index (χ0v) is 18.1. The SMILES string of the molecule is CN(C(=O)NC1CCN(C(=O)O)CC1c1ccc(F)cc1)c1cc(C(F)(F)F)cc(C(F)(F)F)c1. The number of amides is 3. The van der Waals surface area contributed by atoms with Crippen LogP contribution in [0, 0.1) is 5.82 Å². The van der Waals surface area contributed by atoms with Crippen LogP contribution in [0.15, 0.2) is 42.5 Å². The molecule has 2 aromatic rings. The molecular weight excluding hydrogens is 487 g/mol. The number of nitrogens with zero attached hydrogens (tertiary/aromatic N) is 2. The largest absolute Gasteiger partial charge is 0.465 e. The lowest BCUT2D eigenvalue weighted by atomic mass is 9.86. The summed E-state index contributed by atoms with van der Waals surface area (Å²) in [6.45, 7) is -0.0269. The fourth-order valence-electron chi connectivity index (χ4n) is 3.85. The molecule has 3 rings (SSSR count). The number of alkyl halides is 6. The number of piperidine rings is 1. The Labute approximate surface area is 194 Å². The lowest BCUT2D eigenvalue weighted by Crippen LogP contribution is -2.53. The van der Waals surface area contributed by atoms with Crippen LogP contribution in [0.4, 0.5) is 46.0 Å². The van der Waals surface area contributed by atoms with Gasteiger partial charge in [-0.15, -0.1) is 0 Å². The van der Waals surface area contributed by atoms with Crippen LogP contribution in [0.1, 0.15) is 29.0 Å². The van der Waals surface area contributed by atoms with Crippen LogP contribution in [-0.4, -0.2) is 48.3 Å². The van der Waals surface area contributed by atoms with Gasteiger partial charge < -0.3 is 15.3 Å². The lowest BCUT2D eigenvalue weighted by molar-refractivity contribution is -0.143. The second-order valence-corrected chi connectivity index (χ2v) is 8.05. The molecule has 35 heavy (non-hydrogen) atoms. The molecule has 1 fully saturated rings. The molecule has 0 bridgehead atoms. The van der Waals surface area contributed by atoms with E-state index in [1.54, 1.807) is 0 Å². The van der Waals surface area contributed by atoms with Gasteiger partial charge in [-0.3, -0.25) is 4.90 Å². The maximum Gasteiger partial charge on any atom is 0.416 e. The smallest absolute Gasteiger partial charge is 0.416 e. The number of likely N-dealkylation sites (tertiary alicyclic amines) is 1. The number of rotatable bonds is 3. The zero-order valence-electron chi connectivity index (χ0n) is 18.1. The molecule has 2 aromatic carbocycles. The van der Waals surface area contributed by atoms with Gasteiger partial charge in [0, 0.05) is 37.8 Å². The molecule has 2 atom stereocenters. The first-order valence-electron chi connectivity index (χ1n) is 10.2. The van der Waals surface area contributed by atoms with Crippen LogP contribution in [0.2, 0.25) is 0 Å². The minimum atomic E-state index is -5.08. The molecule has 0 saturated carbocycles. The number of carbonyl (C=O) groups excluding carboxylic acids is 1. The summed E-state index contributed by atoms with van der Waals surface area (Å²) in [5, 5.41) is 11.9. The lowest BCUT2D eigenvalue weighted by Gasteiger charge is -2.38. The highest BCUT2D eigenvalue weighted by molar-refractivity contribution is 5.92. The topological polar surface area (TPSA) is 72.9 Å². The number of benzene rings is 2. The molecule has 0 aliphatic carbocycles. The average Bonchev–Trinajstić information content (AvgIpc) is 2.77. The van der Waals surface area contributed by atoms with E-state index >= 15 is 0 Å². The van der Waals surface area contributed by atoms with Crippen molar-refractivity contribution in [2.45, 2.75) is 30.7 Å². The number of halogens is 7. The summed E-state index contributed by atoms with van der Waals surface area (Å²) >= 11 is 0. The van der Waals surface area contributed by atoms with Crippen molar-refractivity contribution >= 4 is 17.8 Å². The Morgan fingerprint density at radius 2 is 1.54 bits per heavy atom. The monoisotopic (exact) mass is 507 g/mol. The third kappa shape index (κ3) is 6.14. The molecular formula is C22H20F7N3O3. The Morgan fingerprint density at radius 1 is 1.00 bits per heavy atom. The van der Waals surface area contributed by atoms with Gasteiger partial charge in [0.05, 0.1) is 11.1 Å². The molecule has 190 valence electrons. The molecule has 1 aliphatic heterocycles. The summed E-state index contributed by atoms with van der Waals surface area (Å²) in [4.78, 5) is 26.0.